The molecule has 142 valence electrons. The second-order valence-corrected chi connectivity index (χ2v) is 7.68. The Morgan fingerprint density at radius 1 is 1.23 bits per heavy atom. The molecule has 0 atom stereocenters. The van der Waals surface area contributed by atoms with Crippen molar-refractivity contribution in [2.24, 2.45) is 5.92 Å². The number of rotatable bonds is 3. The van der Waals surface area contributed by atoms with Gasteiger partial charge in [-0.2, -0.15) is 0 Å². The predicted octanol–water partition coefficient (Wildman–Crippen LogP) is 4.18. The van der Waals surface area contributed by atoms with Crippen molar-refractivity contribution in [3.05, 3.63) is 47.6 Å². The second-order valence-electron chi connectivity index (χ2n) is 7.68. The smallest absolute Gasteiger partial charge is 0.410 e. The molecule has 0 spiro atoms. The zero-order valence-electron chi connectivity index (χ0n) is 16.2. The molecule has 1 fully saturated rings. The first-order valence-electron chi connectivity index (χ1n) is 9.09. The maximum absolute atomic E-state index is 12.1. The summed E-state index contributed by atoms with van der Waals surface area (Å²) < 4.78 is 10.1. The summed E-state index contributed by atoms with van der Waals surface area (Å²) in [6.45, 7) is 7.10. The number of likely N-dealkylation sites (tertiary alicyclic amines) is 1. The fourth-order valence-electron chi connectivity index (χ4n) is 3.00. The first kappa shape index (κ1) is 20.0. The van der Waals surface area contributed by atoms with Crippen LogP contribution in [0.5, 0.6) is 0 Å². The van der Waals surface area contributed by atoms with Gasteiger partial charge in [-0.25, -0.2) is 9.59 Å². The number of carbonyl (C=O) groups is 2. The third kappa shape index (κ3) is 6.54. The van der Waals surface area contributed by atoms with Gasteiger partial charge < -0.3 is 14.4 Å². The number of hydrogen-bond donors (Lipinski definition) is 0. The van der Waals surface area contributed by atoms with E-state index in [1.54, 1.807) is 11.0 Å². The van der Waals surface area contributed by atoms with Crippen molar-refractivity contribution in [2.75, 3.05) is 20.2 Å². The van der Waals surface area contributed by atoms with Crippen molar-refractivity contribution in [1.82, 2.24) is 4.90 Å². The van der Waals surface area contributed by atoms with Crippen LogP contribution in [0.3, 0.4) is 0 Å². The molecule has 0 radical (unpaired) electrons. The van der Waals surface area contributed by atoms with E-state index < -0.39 is 5.60 Å². The quantitative estimate of drug-likeness (QED) is 0.560. The van der Waals surface area contributed by atoms with Gasteiger partial charge in [-0.05, 0) is 57.1 Å². The number of esters is 1. The minimum atomic E-state index is -0.455. The number of methoxy groups -OCH3 is 1. The summed E-state index contributed by atoms with van der Waals surface area (Å²) in [5.74, 6) is 0.109. The van der Waals surface area contributed by atoms with Crippen molar-refractivity contribution in [1.29, 1.82) is 0 Å². The molecule has 1 aliphatic carbocycles. The standard InChI is InChI=1S/C21H29NO4/c1-21(2,3)26-20(24)22-12-10-17(11-13-22)15-18-7-5-6-16(14-18)8-9-19(23)25-4/h5-9,15,17H,10-14H2,1-4H3. The summed E-state index contributed by atoms with van der Waals surface area (Å²) in [7, 11) is 1.37. The topological polar surface area (TPSA) is 55.8 Å². The molecule has 0 aromatic carbocycles. The first-order chi connectivity index (χ1) is 12.3. The van der Waals surface area contributed by atoms with Gasteiger partial charge in [0.1, 0.15) is 5.60 Å². The van der Waals surface area contributed by atoms with Crippen LogP contribution in [0.15, 0.2) is 47.6 Å². The Kier molecular flexibility index (Phi) is 6.83. The highest BCUT2D eigenvalue weighted by Crippen LogP contribution is 2.26. The summed E-state index contributed by atoms with van der Waals surface area (Å²) in [6.07, 6.45) is 14.1. The van der Waals surface area contributed by atoms with Crippen LogP contribution in [0.4, 0.5) is 4.79 Å². The average molecular weight is 359 g/mol. The molecule has 0 N–H and O–H groups in total. The van der Waals surface area contributed by atoms with Crippen molar-refractivity contribution in [2.45, 2.75) is 45.6 Å². The highest BCUT2D eigenvalue weighted by molar-refractivity contribution is 5.82. The van der Waals surface area contributed by atoms with Crippen LogP contribution in [0.1, 0.15) is 40.0 Å². The molecule has 26 heavy (non-hydrogen) atoms. The van der Waals surface area contributed by atoms with E-state index >= 15 is 0 Å². The van der Waals surface area contributed by atoms with Crippen molar-refractivity contribution in [3.8, 4) is 0 Å². The van der Waals surface area contributed by atoms with Crippen LogP contribution in [0.25, 0.3) is 0 Å². The Morgan fingerprint density at radius 2 is 1.92 bits per heavy atom. The molecule has 5 heteroatoms. The molecular formula is C21H29NO4. The molecule has 0 aromatic heterocycles. The molecule has 0 unspecified atom stereocenters. The monoisotopic (exact) mass is 359 g/mol. The summed E-state index contributed by atoms with van der Waals surface area (Å²) in [5, 5.41) is 0. The summed E-state index contributed by atoms with van der Waals surface area (Å²) in [4.78, 5) is 25.1. The third-order valence-corrected chi connectivity index (χ3v) is 4.30. The number of amides is 1. The van der Waals surface area contributed by atoms with Crippen molar-refractivity contribution < 1.29 is 19.1 Å². The average Bonchev–Trinajstić information content (AvgIpc) is 2.59. The fraction of sp³-hybridized carbons (Fsp3) is 0.524. The number of carbonyl (C=O) groups excluding carboxylic acids is 2. The van der Waals surface area contributed by atoms with E-state index in [0.29, 0.717) is 5.92 Å². The summed E-state index contributed by atoms with van der Waals surface area (Å²) in [5.41, 5.74) is 1.87. The zero-order valence-corrected chi connectivity index (χ0v) is 16.2. The van der Waals surface area contributed by atoms with E-state index in [1.165, 1.54) is 18.8 Å². The largest absolute Gasteiger partial charge is 0.466 e. The van der Waals surface area contributed by atoms with E-state index in [9.17, 15) is 9.59 Å². The van der Waals surface area contributed by atoms with Gasteiger partial charge in [0.15, 0.2) is 0 Å². The Bertz CT molecular complexity index is 641. The van der Waals surface area contributed by atoms with Gasteiger partial charge in [-0.15, -0.1) is 0 Å². The lowest BCUT2D eigenvalue weighted by Gasteiger charge is -2.32. The number of nitrogens with zero attached hydrogens (tertiary/aromatic N) is 1. The van der Waals surface area contributed by atoms with Crippen LogP contribution in [0.2, 0.25) is 0 Å². The molecule has 1 amide bonds. The minimum Gasteiger partial charge on any atom is -0.466 e. The van der Waals surface area contributed by atoms with Crippen LogP contribution < -0.4 is 0 Å². The maximum Gasteiger partial charge on any atom is 0.410 e. The van der Waals surface area contributed by atoms with E-state index in [2.05, 4.69) is 16.9 Å². The maximum atomic E-state index is 12.1. The molecule has 0 bridgehead atoms. The Labute approximate surface area is 156 Å². The third-order valence-electron chi connectivity index (χ3n) is 4.30. The van der Waals surface area contributed by atoms with Gasteiger partial charge in [0.05, 0.1) is 7.11 Å². The molecule has 1 saturated heterocycles. The van der Waals surface area contributed by atoms with Gasteiger partial charge in [0.25, 0.3) is 0 Å². The molecule has 0 saturated carbocycles. The molecular weight excluding hydrogens is 330 g/mol. The molecule has 2 aliphatic rings. The van der Waals surface area contributed by atoms with Crippen LogP contribution >= 0.6 is 0 Å². The molecule has 1 heterocycles. The van der Waals surface area contributed by atoms with Crippen molar-refractivity contribution in [3.63, 3.8) is 0 Å². The lowest BCUT2D eigenvalue weighted by Crippen LogP contribution is -2.41. The number of allylic oxidation sites excluding steroid dienone is 7. The van der Waals surface area contributed by atoms with E-state index in [4.69, 9.17) is 4.74 Å². The number of ether oxygens (including phenoxy) is 2. The Morgan fingerprint density at radius 3 is 2.54 bits per heavy atom. The van der Waals surface area contributed by atoms with Crippen molar-refractivity contribution >= 4 is 12.1 Å². The fourth-order valence-corrected chi connectivity index (χ4v) is 3.00. The van der Waals surface area contributed by atoms with Crippen LogP contribution in [0, 0.1) is 5.92 Å². The number of hydrogen-bond acceptors (Lipinski definition) is 4. The van der Waals surface area contributed by atoms with E-state index in [-0.39, 0.29) is 12.1 Å². The van der Waals surface area contributed by atoms with Gasteiger partial charge >= 0.3 is 12.1 Å². The van der Waals surface area contributed by atoms with Gasteiger partial charge in [0.2, 0.25) is 0 Å². The lowest BCUT2D eigenvalue weighted by molar-refractivity contribution is -0.134. The molecule has 0 aromatic rings. The lowest BCUT2D eigenvalue weighted by atomic mass is 9.91. The van der Waals surface area contributed by atoms with Gasteiger partial charge in [-0.1, -0.05) is 30.4 Å². The number of piperidine rings is 1. The Balaban J connectivity index is 1.86. The first-order valence-corrected chi connectivity index (χ1v) is 9.09. The van der Waals surface area contributed by atoms with E-state index in [0.717, 1.165) is 37.9 Å². The summed E-state index contributed by atoms with van der Waals surface area (Å²) in [6, 6.07) is 0. The van der Waals surface area contributed by atoms with Gasteiger partial charge in [-0.3, -0.25) is 0 Å². The SMILES string of the molecule is COC(=O)C=CC1=CC=CC(=CC2CCN(C(=O)OC(C)(C)C)CC2)C1. The van der Waals surface area contributed by atoms with E-state index in [1.807, 2.05) is 32.9 Å². The highest BCUT2D eigenvalue weighted by Gasteiger charge is 2.26. The zero-order chi connectivity index (χ0) is 19.2. The highest BCUT2D eigenvalue weighted by atomic mass is 16.6. The molecule has 2 rings (SSSR count). The van der Waals surface area contributed by atoms with Crippen LogP contribution in [-0.2, 0) is 14.3 Å². The Hall–Kier alpha value is -2.30. The predicted molar refractivity (Wildman–Crippen MR) is 102 cm³/mol. The minimum absolute atomic E-state index is 0.223. The molecule has 5 nitrogen and oxygen atoms in total. The van der Waals surface area contributed by atoms with Crippen LogP contribution in [-0.4, -0.2) is 42.8 Å². The molecule has 1 aliphatic heterocycles. The normalized spacial score (nSPS) is 20.4. The second kappa shape index (κ2) is 8.88. The van der Waals surface area contributed by atoms with Gasteiger partial charge in [0, 0.05) is 19.2 Å². The summed E-state index contributed by atoms with van der Waals surface area (Å²) >= 11 is 0.